The van der Waals surface area contributed by atoms with Gasteiger partial charge in [0, 0.05) is 6.54 Å². The smallest absolute Gasteiger partial charge is 0.358 e. The van der Waals surface area contributed by atoms with Gasteiger partial charge in [-0.1, -0.05) is 0 Å². The highest BCUT2D eigenvalue weighted by molar-refractivity contribution is 5.87. The van der Waals surface area contributed by atoms with E-state index in [1.54, 1.807) is 15.6 Å². The first-order valence-electron chi connectivity index (χ1n) is 6.82. The van der Waals surface area contributed by atoms with Crippen molar-refractivity contribution in [3.63, 3.8) is 0 Å². The van der Waals surface area contributed by atoms with Crippen LogP contribution in [0.15, 0.2) is 6.07 Å². The Kier molecular flexibility index (Phi) is 3.89. The van der Waals surface area contributed by atoms with E-state index >= 15 is 0 Å². The zero-order valence-corrected chi connectivity index (χ0v) is 11.8. The molecule has 3 heterocycles. The van der Waals surface area contributed by atoms with Gasteiger partial charge in [-0.3, -0.25) is 9.48 Å². The highest BCUT2D eigenvalue weighted by atomic mass is 16.6. The summed E-state index contributed by atoms with van der Waals surface area (Å²) in [6, 6.07) is 1.66. The number of fused-ring (bicyclic) bond motifs is 1. The monoisotopic (exact) mass is 295 g/mol. The molecule has 8 nitrogen and oxygen atoms in total. The molecule has 0 aliphatic carbocycles. The second kappa shape index (κ2) is 5.82. The summed E-state index contributed by atoms with van der Waals surface area (Å²) in [4.78, 5) is 25.5. The molecular weight excluding hydrogens is 278 g/mol. The number of esters is 1. The van der Waals surface area contributed by atoms with Crippen LogP contribution < -0.4 is 0 Å². The number of methoxy groups -OCH3 is 1. The fraction of sp³-hybridized carbons (Fsp3) is 0.615. The molecule has 1 saturated heterocycles. The van der Waals surface area contributed by atoms with Crippen LogP contribution in [0.3, 0.4) is 0 Å². The van der Waals surface area contributed by atoms with Crippen molar-refractivity contribution in [2.75, 3.05) is 33.5 Å². The van der Waals surface area contributed by atoms with Crippen LogP contribution in [0.5, 0.6) is 0 Å². The fourth-order valence-electron chi connectivity index (χ4n) is 2.49. The van der Waals surface area contributed by atoms with E-state index in [9.17, 15) is 9.59 Å². The first-order chi connectivity index (χ1) is 10.2. The summed E-state index contributed by atoms with van der Waals surface area (Å²) in [6.07, 6.45) is -0.534. The maximum Gasteiger partial charge on any atom is 0.358 e. The van der Waals surface area contributed by atoms with Gasteiger partial charge in [0.1, 0.15) is 0 Å². The molecule has 0 aromatic carbocycles. The summed E-state index contributed by atoms with van der Waals surface area (Å²) in [5.41, 5.74) is 1.07. The van der Waals surface area contributed by atoms with Gasteiger partial charge in [0.2, 0.25) is 0 Å². The van der Waals surface area contributed by atoms with Gasteiger partial charge >= 0.3 is 5.97 Å². The predicted molar refractivity (Wildman–Crippen MR) is 69.5 cm³/mol. The van der Waals surface area contributed by atoms with Crippen LogP contribution in [0.25, 0.3) is 0 Å². The van der Waals surface area contributed by atoms with Gasteiger partial charge in [-0.15, -0.1) is 0 Å². The SMILES string of the molecule is COC(=O)c1cc2n(n1)CCN(C(=O)C1COCCO1)C2. The third kappa shape index (κ3) is 2.77. The number of carbonyl (C=O) groups is 2. The summed E-state index contributed by atoms with van der Waals surface area (Å²) in [5.74, 6) is -0.555. The molecule has 2 aliphatic rings. The number of hydrogen-bond donors (Lipinski definition) is 0. The van der Waals surface area contributed by atoms with Crippen LogP contribution >= 0.6 is 0 Å². The van der Waals surface area contributed by atoms with E-state index in [1.165, 1.54) is 7.11 Å². The molecule has 3 rings (SSSR count). The Labute approximate surface area is 121 Å². The summed E-state index contributed by atoms with van der Waals surface area (Å²) < 4.78 is 17.1. The lowest BCUT2D eigenvalue weighted by molar-refractivity contribution is -0.159. The molecule has 0 saturated carbocycles. The second-order valence-corrected chi connectivity index (χ2v) is 4.93. The molecule has 21 heavy (non-hydrogen) atoms. The maximum absolute atomic E-state index is 12.4. The standard InChI is InChI=1S/C13H17N3O5/c1-19-13(18)10-6-9-7-15(2-3-16(9)14-10)12(17)11-8-20-4-5-21-11/h6,11H,2-5,7-8H2,1H3. The van der Waals surface area contributed by atoms with E-state index in [0.717, 1.165) is 5.69 Å². The molecule has 2 aliphatic heterocycles. The van der Waals surface area contributed by atoms with Crippen molar-refractivity contribution >= 4 is 11.9 Å². The van der Waals surface area contributed by atoms with Gasteiger partial charge in [-0.2, -0.15) is 5.10 Å². The van der Waals surface area contributed by atoms with E-state index in [1.807, 2.05) is 0 Å². The molecule has 1 aromatic rings. The predicted octanol–water partition coefficient (Wildman–Crippen LogP) is -0.573. The van der Waals surface area contributed by atoms with E-state index in [0.29, 0.717) is 39.5 Å². The Morgan fingerprint density at radius 2 is 2.24 bits per heavy atom. The van der Waals surface area contributed by atoms with Crippen molar-refractivity contribution in [2.24, 2.45) is 0 Å². The fourth-order valence-corrected chi connectivity index (χ4v) is 2.49. The van der Waals surface area contributed by atoms with Crippen LogP contribution in [0.4, 0.5) is 0 Å². The molecule has 1 fully saturated rings. The number of nitrogens with zero attached hydrogens (tertiary/aromatic N) is 3. The Morgan fingerprint density at radius 1 is 1.38 bits per heavy atom. The van der Waals surface area contributed by atoms with Crippen molar-refractivity contribution < 1.29 is 23.8 Å². The summed E-state index contributed by atoms with van der Waals surface area (Å²) in [5, 5.41) is 4.18. The van der Waals surface area contributed by atoms with E-state index in [2.05, 4.69) is 9.84 Å². The molecule has 0 radical (unpaired) electrons. The van der Waals surface area contributed by atoms with Crippen LogP contribution in [0.1, 0.15) is 16.2 Å². The van der Waals surface area contributed by atoms with Crippen molar-refractivity contribution in [2.45, 2.75) is 19.2 Å². The second-order valence-electron chi connectivity index (χ2n) is 4.93. The Hall–Kier alpha value is -1.93. The third-order valence-electron chi connectivity index (χ3n) is 3.60. The van der Waals surface area contributed by atoms with Gasteiger partial charge in [-0.25, -0.2) is 4.79 Å². The first-order valence-corrected chi connectivity index (χ1v) is 6.82. The molecular formula is C13H17N3O5. The molecule has 0 bridgehead atoms. The molecule has 1 atom stereocenters. The lowest BCUT2D eigenvalue weighted by Crippen LogP contribution is -2.47. The summed E-state index contributed by atoms with van der Waals surface area (Å²) in [7, 11) is 1.32. The van der Waals surface area contributed by atoms with Crippen LogP contribution in [-0.2, 0) is 32.1 Å². The van der Waals surface area contributed by atoms with Crippen molar-refractivity contribution in [3.8, 4) is 0 Å². The molecule has 0 spiro atoms. The summed E-state index contributed by atoms with van der Waals surface area (Å²) >= 11 is 0. The Bertz CT molecular complexity index is 550. The van der Waals surface area contributed by atoms with Crippen LogP contribution in [0, 0.1) is 0 Å². The minimum absolute atomic E-state index is 0.0817. The van der Waals surface area contributed by atoms with Crippen molar-refractivity contribution in [1.82, 2.24) is 14.7 Å². The van der Waals surface area contributed by atoms with Crippen molar-refractivity contribution in [1.29, 1.82) is 0 Å². The van der Waals surface area contributed by atoms with Gasteiger partial charge in [0.15, 0.2) is 11.8 Å². The van der Waals surface area contributed by atoms with Gasteiger partial charge in [0.05, 0.1) is 45.7 Å². The zero-order valence-electron chi connectivity index (χ0n) is 11.8. The third-order valence-corrected chi connectivity index (χ3v) is 3.60. The number of rotatable bonds is 2. The summed E-state index contributed by atoms with van der Waals surface area (Å²) in [6.45, 7) is 2.75. The first kappa shape index (κ1) is 14.0. The highest BCUT2D eigenvalue weighted by Gasteiger charge is 2.30. The Morgan fingerprint density at radius 3 is 2.95 bits per heavy atom. The zero-order chi connectivity index (χ0) is 14.8. The minimum Gasteiger partial charge on any atom is -0.464 e. The quantitative estimate of drug-likeness (QED) is 0.679. The molecule has 0 N–H and O–H groups in total. The van der Waals surface area contributed by atoms with E-state index in [4.69, 9.17) is 9.47 Å². The largest absolute Gasteiger partial charge is 0.464 e. The maximum atomic E-state index is 12.4. The van der Waals surface area contributed by atoms with Crippen LogP contribution in [0.2, 0.25) is 0 Å². The molecule has 1 amide bonds. The van der Waals surface area contributed by atoms with E-state index < -0.39 is 12.1 Å². The number of aromatic nitrogens is 2. The van der Waals surface area contributed by atoms with E-state index in [-0.39, 0.29) is 11.6 Å². The van der Waals surface area contributed by atoms with Gasteiger partial charge < -0.3 is 19.1 Å². The number of ether oxygens (including phenoxy) is 3. The minimum atomic E-state index is -0.534. The molecule has 1 unspecified atom stereocenters. The Balaban J connectivity index is 1.70. The van der Waals surface area contributed by atoms with Gasteiger partial charge in [-0.05, 0) is 6.07 Å². The molecule has 1 aromatic heterocycles. The lowest BCUT2D eigenvalue weighted by atomic mass is 10.2. The number of carbonyl (C=O) groups excluding carboxylic acids is 2. The molecule has 114 valence electrons. The van der Waals surface area contributed by atoms with Crippen molar-refractivity contribution in [3.05, 3.63) is 17.5 Å². The average Bonchev–Trinajstić information content (AvgIpc) is 2.97. The average molecular weight is 295 g/mol. The van der Waals surface area contributed by atoms with Gasteiger partial charge in [0.25, 0.3) is 5.91 Å². The normalized spacial score (nSPS) is 21.8. The highest BCUT2D eigenvalue weighted by Crippen LogP contribution is 2.16. The number of amides is 1. The topological polar surface area (TPSA) is 82.9 Å². The molecule has 8 heteroatoms. The number of hydrogen-bond acceptors (Lipinski definition) is 6. The lowest BCUT2D eigenvalue weighted by Gasteiger charge is -2.32. The van der Waals surface area contributed by atoms with Crippen LogP contribution in [-0.4, -0.2) is 66.1 Å².